The summed E-state index contributed by atoms with van der Waals surface area (Å²) in [4.78, 5) is 2.43. The molecule has 98 valence electrons. The lowest BCUT2D eigenvalue weighted by atomic mass is 9.95. The fourth-order valence-corrected chi connectivity index (χ4v) is 2.21. The molecule has 1 aromatic carbocycles. The van der Waals surface area contributed by atoms with E-state index in [2.05, 4.69) is 36.9 Å². The topological polar surface area (TPSA) is 27.0 Å². The first kappa shape index (κ1) is 14.7. The van der Waals surface area contributed by atoms with Crippen molar-refractivity contribution >= 4 is 0 Å². The predicted molar refractivity (Wildman–Crippen MR) is 76.4 cm³/mol. The molecule has 0 aromatic heterocycles. The fourth-order valence-electron chi connectivity index (χ4n) is 2.21. The molecule has 1 aromatic rings. The van der Waals surface area contributed by atoms with Crippen molar-refractivity contribution in [3.8, 4) is 6.07 Å². The van der Waals surface area contributed by atoms with E-state index in [-0.39, 0.29) is 5.92 Å². The van der Waals surface area contributed by atoms with Gasteiger partial charge in [0, 0.05) is 0 Å². The Morgan fingerprint density at radius 1 is 1.11 bits per heavy atom. The maximum atomic E-state index is 9.22. The lowest BCUT2D eigenvalue weighted by Gasteiger charge is -2.18. The number of unbranched alkanes of at least 4 members (excludes halogenated alkanes) is 1. The summed E-state index contributed by atoms with van der Waals surface area (Å²) in [5.41, 5.74) is 1.16. The number of hydrogen-bond donors (Lipinski definition) is 0. The lowest BCUT2D eigenvalue weighted by molar-refractivity contribution is 0.295. The molecule has 0 saturated carbocycles. The molecule has 2 heteroatoms. The van der Waals surface area contributed by atoms with Gasteiger partial charge in [-0.1, -0.05) is 50.6 Å². The summed E-state index contributed by atoms with van der Waals surface area (Å²) in [6.45, 7) is 7.80. The van der Waals surface area contributed by atoms with Crippen molar-refractivity contribution in [1.82, 2.24) is 4.90 Å². The molecule has 0 spiro atoms. The zero-order chi connectivity index (χ0) is 13.2. The van der Waals surface area contributed by atoms with Gasteiger partial charge in [-0.3, -0.25) is 0 Å². The number of nitriles is 1. The lowest BCUT2D eigenvalue weighted by Crippen LogP contribution is -2.23. The highest BCUT2D eigenvalue weighted by atomic mass is 15.1. The number of nitrogens with zero attached hydrogens (tertiary/aromatic N) is 2. The number of rotatable bonds is 8. The van der Waals surface area contributed by atoms with Crippen molar-refractivity contribution in [2.45, 2.75) is 39.0 Å². The molecule has 1 atom stereocenters. The van der Waals surface area contributed by atoms with Crippen molar-refractivity contribution in [3.63, 3.8) is 0 Å². The van der Waals surface area contributed by atoms with Crippen LogP contribution in [0.4, 0.5) is 0 Å². The number of benzene rings is 1. The largest absolute Gasteiger partial charge is 0.304 e. The Morgan fingerprint density at radius 2 is 1.78 bits per heavy atom. The molecular weight excluding hydrogens is 220 g/mol. The van der Waals surface area contributed by atoms with Gasteiger partial charge in [-0.15, -0.1) is 0 Å². The van der Waals surface area contributed by atoms with Crippen molar-refractivity contribution in [2.24, 2.45) is 0 Å². The molecule has 0 heterocycles. The van der Waals surface area contributed by atoms with E-state index in [0.29, 0.717) is 0 Å². The molecule has 1 rings (SSSR count). The molecule has 0 bridgehead atoms. The van der Waals surface area contributed by atoms with Gasteiger partial charge >= 0.3 is 0 Å². The molecular formula is C16H24N2. The fraction of sp³-hybridized carbons (Fsp3) is 0.562. The van der Waals surface area contributed by atoms with Gasteiger partial charge in [0.25, 0.3) is 0 Å². The van der Waals surface area contributed by atoms with Crippen LogP contribution in [0.2, 0.25) is 0 Å². The molecule has 0 aliphatic carbocycles. The summed E-state index contributed by atoms with van der Waals surface area (Å²) >= 11 is 0. The third-order valence-electron chi connectivity index (χ3n) is 3.47. The van der Waals surface area contributed by atoms with E-state index in [1.807, 2.05) is 18.2 Å². The Morgan fingerprint density at radius 3 is 2.33 bits per heavy atom. The van der Waals surface area contributed by atoms with Crippen LogP contribution in [0.1, 0.15) is 44.6 Å². The van der Waals surface area contributed by atoms with Crippen LogP contribution in [0.15, 0.2) is 30.3 Å². The molecule has 0 aliphatic heterocycles. The van der Waals surface area contributed by atoms with E-state index in [9.17, 15) is 5.26 Å². The monoisotopic (exact) mass is 244 g/mol. The van der Waals surface area contributed by atoms with Gasteiger partial charge < -0.3 is 4.90 Å². The Hall–Kier alpha value is -1.33. The zero-order valence-corrected chi connectivity index (χ0v) is 11.6. The van der Waals surface area contributed by atoms with Crippen LogP contribution in [0, 0.1) is 11.3 Å². The average molecular weight is 244 g/mol. The summed E-state index contributed by atoms with van der Waals surface area (Å²) in [5, 5.41) is 9.22. The van der Waals surface area contributed by atoms with Crippen molar-refractivity contribution < 1.29 is 0 Å². The van der Waals surface area contributed by atoms with Gasteiger partial charge in [-0.2, -0.15) is 5.26 Å². The molecule has 2 nitrogen and oxygen atoms in total. The highest BCUT2D eigenvalue weighted by Crippen LogP contribution is 2.20. The first-order chi connectivity index (χ1) is 8.81. The second kappa shape index (κ2) is 8.72. The first-order valence-electron chi connectivity index (χ1n) is 6.98. The van der Waals surface area contributed by atoms with E-state index in [1.54, 1.807) is 0 Å². The van der Waals surface area contributed by atoms with Gasteiger partial charge in [-0.05, 0) is 38.0 Å². The third kappa shape index (κ3) is 4.89. The normalized spacial score (nSPS) is 12.3. The van der Waals surface area contributed by atoms with Crippen LogP contribution >= 0.6 is 0 Å². The molecule has 18 heavy (non-hydrogen) atoms. The molecule has 0 amide bonds. The van der Waals surface area contributed by atoms with Crippen molar-refractivity contribution in [3.05, 3.63) is 35.9 Å². The summed E-state index contributed by atoms with van der Waals surface area (Å²) in [6.07, 6.45) is 3.29. The molecule has 0 fully saturated rings. The second-order valence-corrected chi connectivity index (χ2v) is 4.62. The maximum absolute atomic E-state index is 9.22. The summed E-state index contributed by atoms with van der Waals surface area (Å²) in [6, 6.07) is 12.5. The second-order valence-electron chi connectivity index (χ2n) is 4.62. The van der Waals surface area contributed by atoms with Crippen LogP contribution in [-0.2, 0) is 0 Å². The van der Waals surface area contributed by atoms with Gasteiger partial charge in [-0.25, -0.2) is 0 Å². The highest BCUT2D eigenvalue weighted by Gasteiger charge is 2.09. The summed E-state index contributed by atoms with van der Waals surface area (Å²) < 4.78 is 0. The van der Waals surface area contributed by atoms with E-state index < -0.39 is 0 Å². The van der Waals surface area contributed by atoms with E-state index in [4.69, 9.17) is 0 Å². The quantitative estimate of drug-likeness (QED) is 0.650. The van der Waals surface area contributed by atoms with E-state index in [0.717, 1.165) is 38.0 Å². The summed E-state index contributed by atoms with van der Waals surface area (Å²) in [7, 11) is 0. The molecule has 0 unspecified atom stereocenters. The minimum atomic E-state index is 0.0582. The van der Waals surface area contributed by atoms with Gasteiger partial charge in [0.1, 0.15) is 0 Å². The predicted octanol–water partition coefficient (Wildman–Crippen LogP) is 3.81. The molecule has 0 N–H and O–H groups in total. The Balaban J connectivity index is 2.31. The molecule has 0 aliphatic rings. The average Bonchev–Trinajstić information content (AvgIpc) is 2.44. The Kier molecular flexibility index (Phi) is 7.13. The van der Waals surface area contributed by atoms with E-state index in [1.165, 1.54) is 6.42 Å². The third-order valence-corrected chi connectivity index (χ3v) is 3.47. The smallest absolute Gasteiger partial charge is 0.0712 e. The van der Waals surface area contributed by atoms with Gasteiger partial charge in [0.2, 0.25) is 0 Å². The van der Waals surface area contributed by atoms with Crippen molar-refractivity contribution in [2.75, 3.05) is 19.6 Å². The first-order valence-corrected chi connectivity index (χ1v) is 6.98. The SMILES string of the molecule is CCN(CC)CCCC[C@@H](C#N)c1ccccc1. The molecule has 0 saturated heterocycles. The van der Waals surface area contributed by atoms with Gasteiger partial charge in [0.15, 0.2) is 0 Å². The minimum Gasteiger partial charge on any atom is -0.304 e. The standard InChI is InChI=1S/C16H24N2/c1-3-18(4-2)13-9-8-12-16(14-17)15-10-6-5-7-11-15/h5-7,10-11,16H,3-4,8-9,12-13H2,1-2H3/t16-/m0/s1. The Bertz CT molecular complexity index is 349. The van der Waals surface area contributed by atoms with Crippen LogP contribution in [0.5, 0.6) is 0 Å². The van der Waals surface area contributed by atoms with Crippen LogP contribution in [0.3, 0.4) is 0 Å². The van der Waals surface area contributed by atoms with Crippen molar-refractivity contribution in [1.29, 1.82) is 5.26 Å². The van der Waals surface area contributed by atoms with Gasteiger partial charge in [0.05, 0.1) is 12.0 Å². The number of hydrogen-bond acceptors (Lipinski definition) is 2. The Labute approximate surface area is 111 Å². The maximum Gasteiger partial charge on any atom is 0.0712 e. The van der Waals surface area contributed by atoms with Crippen LogP contribution in [0.25, 0.3) is 0 Å². The molecule has 0 radical (unpaired) electrons. The minimum absolute atomic E-state index is 0.0582. The van der Waals surface area contributed by atoms with Crippen LogP contribution < -0.4 is 0 Å². The zero-order valence-electron chi connectivity index (χ0n) is 11.6. The highest BCUT2D eigenvalue weighted by molar-refractivity contribution is 5.24. The van der Waals surface area contributed by atoms with Crippen LogP contribution in [-0.4, -0.2) is 24.5 Å². The summed E-state index contributed by atoms with van der Waals surface area (Å²) in [5.74, 6) is 0.0582. The van der Waals surface area contributed by atoms with E-state index >= 15 is 0 Å².